The molecule has 2 N–H and O–H groups in total. The van der Waals surface area contributed by atoms with E-state index in [-0.39, 0.29) is 24.1 Å². The van der Waals surface area contributed by atoms with E-state index in [1.54, 1.807) is 6.07 Å². The fourth-order valence-corrected chi connectivity index (χ4v) is 3.95. The number of aryl methyl sites for hydroxylation is 1. The first kappa shape index (κ1) is 21.0. The zero-order chi connectivity index (χ0) is 21.6. The fraction of sp³-hybridized carbons (Fsp3) is 0.348. The lowest BCUT2D eigenvalue weighted by Gasteiger charge is -2.34. The lowest BCUT2D eigenvalue weighted by atomic mass is 10.1. The molecule has 2 heterocycles. The fourth-order valence-electron chi connectivity index (χ4n) is 3.95. The molecule has 0 aliphatic carbocycles. The molecule has 1 saturated heterocycles. The van der Waals surface area contributed by atoms with Crippen LogP contribution in [0.5, 0.6) is 0 Å². The first-order valence-corrected chi connectivity index (χ1v) is 10.5. The number of aromatic nitrogens is 2. The van der Waals surface area contributed by atoms with Crippen LogP contribution in [0.15, 0.2) is 54.7 Å². The number of halogens is 1. The lowest BCUT2D eigenvalue weighted by Crippen LogP contribution is -2.56. The largest absolute Gasteiger partial charge is 0.356 e. The second-order valence-electron chi connectivity index (χ2n) is 7.74. The zero-order valence-corrected chi connectivity index (χ0v) is 17.3. The minimum absolute atomic E-state index is 0.0752. The van der Waals surface area contributed by atoms with Gasteiger partial charge >= 0.3 is 0 Å². The molecule has 2 amide bonds. The molecule has 0 spiro atoms. The maximum Gasteiger partial charge on any atom is 0.237 e. The van der Waals surface area contributed by atoms with Gasteiger partial charge in [-0.25, -0.2) is 4.39 Å². The predicted octanol–water partition coefficient (Wildman–Crippen LogP) is 2.07. The van der Waals surface area contributed by atoms with Crippen LogP contribution in [0, 0.1) is 5.82 Å². The molecule has 1 unspecified atom stereocenters. The van der Waals surface area contributed by atoms with Gasteiger partial charge in [0, 0.05) is 38.1 Å². The summed E-state index contributed by atoms with van der Waals surface area (Å²) in [4.78, 5) is 26.8. The van der Waals surface area contributed by atoms with Gasteiger partial charge < -0.3 is 10.6 Å². The summed E-state index contributed by atoms with van der Waals surface area (Å²) in [5, 5.41) is 11.2. The standard InChI is InChI=1S/C23H26FN5O2/c24-19-7-3-5-17(13-19)16-28-12-10-26-23(31)21(28)14-22(30)25-9-4-11-29-20-8-2-1-6-18(20)15-27-29/h1-3,5-8,13,15,21H,4,9-12,14,16H2,(H,25,30)(H,26,31). The van der Waals surface area contributed by atoms with Gasteiger partial charge in [-0.05, 0) is 30.2 Å². The topological polar surface area (TPSA) is 79.3 Å². The number of benzene rings is 2. The minimum atomic E-state index is -0.563. The average molecular weight is 423 g/mol. The van der Waals surface area contributed by atoms with E-state index >= 15 is 0 Å². The summed E-state index contributed by atoms with van der Waals surface area (Å²) >= 11 is 0. The monoisotopic (exact) mass is 423 g/mol. The highest BCUT2D eigenvalue weighted by molar-refractivity contribution is 5.88. The molecule has 1 aromatic heterocycles. The molecular formula is C23H26FN5O2. The highest BCUT2D eigenvalue weighted by atomic mass is 19.1. The van der Waals surface area contributed by atoms with E-state index in [1.165, 1.54) is 12.1 Å². The van der Waals surface area contributed by atoms with Crippen LogP contribution in [-0.4, -0.2) is 52.2 Å². The van der Waals surface area contributed by atoms with Crippen LogP contribution in [0.2, 0.25) is 0 Å². The third-order valence-electron chi connectivity index (χ3n) is 5.52. The van der Waals surface area contributed by atoms with Crippen molar-refractivity contribution in [1.82, 2.24) is 25.3 Å². The number of rotatable bonds is 8. The van der Waals surface area contributed by atoms with Gasteiger partial charge in [0.05, 0.1) is 24.2 Å². The summed E-state index contributed by atoms with van der Waals surface area (Å²) in [6, 6.07) is 13.8. The molecule has 0 saturated carbocycles. The minimum Gasteiger partial charge on any atom is -0.356 e. The van der Waals surface area contributed by atoms with Gasteiger partial charge in [-0.1, -0.05) is 30.3 Å². The normalized spacial score (nSPS) is 16.9. The van der Waals surface area contributed by atoms with Crippen molar-refractivity contribution in [2.24, 2.45) is 0 Å². The van der Waals surface area contributed by atoms with Gasteiger partial charge in [-0.3, -0.25) is 19.2 Å². The van der Waals surface area contributed by atoms with Crippen molar-refractivity contribution in [3.63, 3.8) is 0 Å². The molecule has 3 aromatic rings. The number of amides is 2. The van der Waals surface area contributed by atoms with Crippen molar-refractivity contribution in [3.05, 3.63) is 66.1 Å². The Hall–Kier alpha value is -3.26. The van der Waals surface area contributed by atoms with Crippen molar-refractivity contribution in [1.29, 1.82) is 0 Å². The number of hydrogen-bond donors (Lipinski definition) is 2. The summed E-state index contributed by atoms with van der Waals surface area (Å²) < 4.78 is 15.4. The molecule has 8 heteroatoms. The van der Waals surface area contributed by atoms with Gasteiger partial charge in [-0.15, -0.1) is 0 Å². The van der Waals surface area contributed by atoms with Gasteiger partial charge in [0.15, 0.2) is 0 Å². The molecule has 31 heavy (non-hydrogen) atoms. The molecule has 162 valence electrons. The molecule has 2 aromatic carbocycles. The SMILES string of the molecule is O=C(CC1C(=O)NCCN1Cc1cccc(F)c1)NCCCn1ncc2ccccc21. The van der Waals surface area contributed by atoms with Crippen LogP contribution >= 0.6 is 0 Å². The third-order valence-corrected chi connectivity index (χ3v) is 5.52. The Bertz CT molecular complexity index is 1070. The van der Waals surface area contributed by atoms with E-state index in [4.69, 9.17) is 0 Å². The summed E-state index contributed by atoms with van der Waals surface area (Å²) in [5.74, 6) is -0.643. The Morgan fingerprint density at radius 2 is 2.10 bits per heavy atom. The highest BCUT2D eigenvalue weighted by Crippen LogP contribution is 2.15. The molecule has 4 rings (SSSR count). The second kappa shape index (κ2) is 9.70. The number of nitrogens with one attached hydrogen (secondary N) is 2. The van der Waals surface area contributed by atoms with Crippen molar-refractivity contribution in [2.45, 2.75) is 32.0 Å². The third kappa shape index (κ3) is 5.27. The second-order valence-corrected chi connectivity index (χ2v) is 7.74. The number of piperazine rings is 1. The van der Waals surface area contributed by atoms with Crippen LogP contribution in [0.25, 0.3) is 10.9 Å². The molecule has 1 fully saturated rings. The highest BCUT2D eigenvalue weighted by Gasteiger charge is 2.31. The maximum atomic E-state index is 13.5. The number of fused-ring (bicyclic) bond motifs is 1. The van der Waals surface area contributed by atoms with E-state index < -0.39 is 6.04 Å². The number of hydrogen-bond acceptors (Lipinski definition) is 4. The summed E-state index contributed by atoms with van der Waals surface area (Å²) in [5.41, 5.74) is 1.85. The Morgan fingerprint density at radius 1 is 1.23 bits per heavy atom. The smallest absolute Gasteiger partial charge is 0.237 e. The van der Waals surface area contributed by atoms with Crippen LogP contribution < -0.4 is 10.6 Å². The van der Waals surface area contributed by atoms with Crippen molar-refractivity contribution < 1.29 is 14.0 Å². The van der Waals surface area contributed by atoms with Crippen molar-refractivity contribution in [2.75, 3.05) is 19.6 Å². The van der Waals surface area contributed by atoms with Gasteiger partial charge in [0.25, 0.3) is 0 Å². The Kier molecular flexibility index (Phi) is 6.57. The van der Waals surface area contributed by atoms with Crippen molar-refractivity contribution in [3.8, 4) is 0 Å². The predicted molar refractivity (Wildman–Crippen MR) is 116 cm³/mol. The first-order chi connectivity index (χ1) is 15.1. The van der Waals surface area contributed by atoms with Crippen LogP contribution in [-0.2, 0) is 22.7 Å². The van der Waals surface area contributed by atoms with Crippen LogP contribution in [0.3, 0.4) is 0 Å². The quantitative estimate of drug-likeness (QED) is 0.544. The molecule has 1 aliphatic rings. The number of para-hydroxylation sites is 1. The Labute approximate surface area is 180 Å². The molecular weight excluding hydrogens is 397 g/mol. The van der Waals surface area contributed by atoms with Crippen LogP contribution in [0.4, 0.5) is 4.39 Å². The number of carbonyl (C=O) groups excluding carboxylic acids is 2. The average Bonchev–Trinajstić information content (AvgIpc) is 3.17. The first-order valence-electron chi connectivity index (χ1n) is 10.5. The van der Waals surface area contributed by atoms with Gasteiger partial charge in [-0.2, -0.15) is 5.10 Å². The van der Waals surface area contributed by atoms with Crippen LogP contribution in [0.1, 0.15) is 18.4 Å². The van der Waals surface area contributed by atoms with E-state index in [1.807, 2.05) is 46.1 Å². The summed E-state index contributed by atoms with van der Waals surface area (Å²) in [7, 11) is 0. The zero-order valence-electron chi connectivity index (χ0n) is 17.3. The van der Waals surface area contributed by atoms with Crippen molar-refractivity contribution >= 4 is 22.7 Å². The number of carbonyl (C=O) groups is 2. The molecule has 1 atom stereocenters. The van der Waals surface area contributed by atoms with E-state index in [2.05, 4.69) is 15.7 Å². The Morgan fingerprint density at radius 3 is 2.97 bits per heavy atom. The van der Waals surface area contributed by atoms with E-state index in [0.29, 0.717) is 32.7 Å². The van der Waals surface area contributed by atoms with E-state index in [9.17, 15) is 14.0 Å². The Balaban J connectivity index is 1.28. The molecule has 7 nitrogen and oxygen atoms in total. The maximum absolute atomic E-state index is 13.5. The summed E-state index contributed by atoms with van der Waals surface area (Å²) in [6.07, 6.45) is 2.65. The number of nitrogens with zero attached hydrogens (tertiary/aromatic N) is 3. The summed E-state index contributed by atoms with van der Waals surface area (Å²) in [6.45, 7) is 2.76. The van der Waals surface area contributed by atoms with E-state index in [0.717, 1.165) is 22.9 Å². The lowest BCUT2D eigenvalue weighted by molar-refractivity contribution is -0.134. The van der Waals surface area contributed by atoms with Gasteiger partial charge in [0.1, 0.15) is 5.82 Å². The molecule has 0 radical (unpaired) electrons. The van der Waals surface area contributed by atoms with Gasteiger partial charge in [0.2, 0.25) is 11.8 Å². The molecule has 0 bridgehead atoms. The molecule has 1 aliphatic heterocycles.